The number of rotatable bonds is 3. The highest BCUT2D eigenvalue weighted by atomic mass is 35.5. The number of carbonyl (C=O) groups excluding carboxylic acids is 2. The Hall–Kier alpha value is -1.30. The number of hydrogen-bond donors (Lipinski definition) is 2. The normalized spacial score (nSPS) is 17.8. The Morgan fingerprint density at radius 1 is 1.30 bits per heavy atom. The highest BCUT2D eigenvalue weighted by molar-refractivity contribution is 6.42. The van der Waals surface area contributed by atoms with E-state index in [-0.39, 0.29) is 6.10 Å². The highest BCUT2D eigenvalue weighted by Crippen LogP contribution is 2.25. The summed E-state index contributed by atoms with van der Waals surface area (Å²) in [7, 11) is 0. The molecule has 0 saturated carbocycles. The van der Waals surface area contributed by atoms with E-state index in [9.17, 15) is 9.59 Å². The van der Waals surface area contributed by atoms with Gasteiger partial charge in [0.25, 0.3) is 0 Å². The molecule has 1 atom stereocenters. The lowest BCUT2D eigenvalue weighted by Gasteiger charge is -2.11. The molecule has 2 amide bonds. The molecule has 20 heavy (non-hydrogen) atoms. The van der Waals surface area contributed by atoms with E-state index in [0.717, 1.165) is 12.8 Å². The van der Waals surface area contributed by atoms with E-state index < -0.39 is 11.8 Å². The average molecular weight is 317 g/mol. The van der Waals surface area contributed by atoms with Crippen LogP contribution in [0, 0.1) is 0 Å². The smallest absolute Gasteiger partial charge is 0.313 e. The molecule has 0 spiro atoms. The predicted molar refractivity (Wildman–Crippen MR) is 77.1 cm³/mol. The summed E-state index contributed by atoms with van der Waals surface area (Å²) in [5.41, 5.74) is 0.302. The third-order valence-electron chi connectivity index (χ3n) is 2.90. The van der Waals surface area contributed by atoms with Crippen molar-refractivity contribution < 1.29 is 14.3 Å². The minimum Gasteiger partial charge on any atom is -0.376 e. The molecule has 0 bridgehead atoms. The average Bonchev–Trinajstić information content (AvgIpc) is 2.93. The molecular weight excluding hydrogens is 303 g/mol. The van der Waals surface area contributed by atoms with Crippen molar-refractivity contribution in [1.82, 2.24) is 5.32 Å². The van der Waals surface area contributed by atoms with Crippen LogP contribution in [0.3, 0.4) is 0 Å². The van der Waals surface area contributed by atoms with Crippen molar-refractivity contribution in [1.29, 1.82) is 0 Å². The molecule has 0 aromatic heterocycles. The Labute approximate surface area is 126 Å². The monoisotopic (exact) mass is 316 g/mol. The number of halogens is 2. The number of benzene rings is 1. The number of nitrogens with one attached hydrogen (secondary N) is 2. The Morgan fingerprint density at radius 3 is 2.80 bits per heavy atom. The molecule has 1 aromatic rings. The van der Waals surface area contributed by atoms with E-state index in [1.807, 2.05) is 0 Å². The Bertz CT molecular complexity index is 516. The minimum atomic E-state index is -0.785. The maximum Gasteiger partial charge on any atom is 0.313 e. The lowest BCUT2D eigenvalue weighted by Crippen LogP contribution is -2.39. The fourth-order valence-electron chi connectivity index (χ4n) is 1.86. The molecule has 1 unspecified atom stereocenters. The van der Waals surface area contributed by atoms with Crippen molar-refractivity contribution >= 4 is 40.7 Å². The van der Waals surface area contributed by atoms with Gasteiger partial charge in [-0.3, -0.25) is 9.59 Å². The van der Waals surface area contributed by atoms with Gasteiger partial charge in [-0.25, -0.2) is 0 Å². The standard InChI is InChI=1S/C13H14Cl2N2O3/c14-8-3-4-10(15)11(6-8)17-13(19)12(18)16-7-9-2-1-5-20-9/h3-4,6,9H,1-2,5,7H2,(H,16,18)(H,17,19). The summed E-state index contributed by atoms with van der Waals surface area (Å²) < 4.78 is 5.35. The first-order valence-corrected chi connectivity index (χ1v) is 6.97. The second-order valence-corrected chi connectivity index (χ2v) is 5.27. The number of amides is 2. The van der Waals surface area contributed by atoms with E-state index in [2.05, 4.69) is 10.6 Å². The van der Waals surface area contributed by atoms with E-state index in [0.29, 0.717) is 28.9 Å². The summed E-state index contributed by atoms with van der Waals surface area (Å²) in [5, 5.41) is 5.68. The second kappa shape index (κ2) is 6.92. The van der Waals surface area contributed by atoms with Crippen molar-refractivity contribution in [2.45, 2.75) is 18.9 Å². The van der Waals surface area contributed by atoms with Crippen LogP contribution in [0.4, 0.5) is 5.69 Å². The largest absolute Gasteiger partial charge is 0.376 e. The lowest BCUT2D eigenvalue weighted by atomic mass is 10.2. The van der Waals surface area contributed by atoms with Gasteiger partial charge in [-0.15, -0.1) is 0 Å². The molecule has 1 aromatic carbocycles. The first-order chi connectivity index (χ1) is 9.56. The van der Waals surface area contributed by atoms with Gasteiger partial charge in [-0.2, -0.15) is 0 Å². The summed E-state index contributed by atoms with van der Waals surface area (Å²) in [6, 6.07) is 4.62. The van der Waals surface area contributed by atoms with Crippen LogP contribution in [-0.2, 0) is 14.3 Å². The van der Waals surface area contributed by atoms with Crippen LogP contribution in [0.15, 0.2) is 18.2 Å². The first-order valence-electron chi connectivity index (χ1n) is 6.22. The SMILES string of the molecule is O=C(NCC1CCCO1)C(=O)Nc1cc(Cl)ccc1Cl. The summed E-state index contributed by atoms with van der Waals surface area (Å²) in [6.07, 6.45) is 1.86. The zero-order valence-electron chi connectivity index (χ0n) is 10.6. The van der Waals surface area contributed by atoms with Gasteiger partial charge in [0.05, 0.1) is 16.8 Å². The zero-order chi connectivity index (χ0) is 14.5. The number of carbonyl (C=O) groups is 2. The van der Waals surface area contributed by atoms with Crippen molar-refractivity contribution in [3.63, 3.8) is 0 Å². The van der Waals surface area contributed by atoms with Crippen LogP contribution in [0.1, 0.15) is 12.8 Å². The molecule has 0 radical (unpaired) electrons. The molecule has 1 aliphatic heterocycles. The van der Waals surface area contributed by atoms with Crippen molar-refractivity contribution in [3.8, 4) is 0 Å². The number of hydrogen-bond acceptors (Lipinski definition) is 3. The molecule has 0 aliphatic carbocycles. The highest BCUT2D eigenvalue weighted by Gasteiger charge is 2.19. The summed E-state index contributed by atoms with van der Waals surface area (Å²) in [6.45, 7) is 1.03. The molecule has 7 heteroatoms. The summed E-state index contributed by atoms with van der Waals surface area (Å²) in [4.78, 5) is 23.4. The van der Waals surface area contributed by atoms with Gasteiger partial charge in [0.15, 0.2) is 0 Å². The second-order valence-electron chi connectivity index (χ2n) is 4.42. The van der Waals surface area contributed by atoms with Crippen molar-refractivity contribution in [2.75, 3.05) is 18.5 Å². The Kier molecular flexibility index (Phi) is 5.23. The Balaban J connectivity index is 1.87. The third-order valence-corrected chi connectivity index (χ3v) is 3.46. The van der Waals surface area contributed by atoms with Gasteiger partial charge >= 0.3 is 11.8 Å². The van der Waals surface area contributed by atoms with Crippen LogP contribution in [0.5, 0.6) is 0 Å². The Morgan fingerprint density at radius 2 is 2.10 bits per heavy atom. The van der Waals surface area contributed by atoms with Crippen LogP contribution in [0.25, 0.3) is 0 Å². The number of ether oxygens (including phenoxy) is 1. The topological polar surface area (TPSA) is 67.4 Å². The van der Waals surface area contributed by atoms with E-state index >= 15 is 0 Å². The van der Waals surface area contributed by atoms with Crippen LogP contribution < -0.4 is 10.6 Å². The molecule has 1 heterocycles. The van der Waals surface area contributed by atoms with Crippen LogP contribution in [-0.4, -0.2) is 31.1 Å². The van der Waals surface area contributed by atoms with Crippen LogP contribution in [0.2, 0.25) is 10.0 Å². The molecule has 2 rings (SSSR count). The molecule has 1 aliphatic rings. The fourth-order valence-corrected chi connectivity index (χ4v) is 2.20. The molecular formula is C13H14Cl2N2O3. The quantitative estimate of drug-likeness (QED) is 0.840. The molecule has 5 nitrogen and oxygen atoms in total. The van der Waals surface area contributed by atoms with Gasteiger partial charge in [0.2, 0.25) is 0 Å². The zero-order valence-corrected chi connectivity index (χ0v) is 12.1. The van der Waals surface area contributed by atoms with Gasteiger partial charge in [-0.05, 0) is 31.0 Å². The minimum absolute atomic E-state index is 0.0125. The lowest BCUT2D eigenvalue weighted by molar-refractivity contribution is -0.136. The van der Waals surface area contributed by atoms with Crippen LogP contribution >= 0.6 is 23.2 Å². The molecule has 2 N–H and O–H groups in total. The first kappa shape index (κ1) is 15.1. The maximum atomic E-state index is 11.7. The van der Waals surface area contributed by atoms with E-state index in [1.54, 1.807) is 12.1 Å². The summed E-state index contributed by atoms with van der Waals surface area (Å²) in [5.74, 6) is -1.51. The van der Waals surface area contributed by atoms with Gasteiger partial charge in [0, 0.05) is 18.2 Å². The van der Waals surface area contributed by atoms with E-state index in [1.165, 1.54) is 6.07 Å². The van der Waals surface area contributed by atoms with Gasteiger partial charge < -0.3 is 15.4 Å². The fraction of sp³-hybridized carbons (Fsp3) is 0.385. The third kappa shape index (κ3) is 4.10. The van der Waals surface area contributed by atoms with Crippen molar-refractivity contribution in [3.05, 3.63) is 28.2 Å². The molecule has 1 fully saturated rings. The van der Waals surface area contributed by atoms with E-state index in [4.69, 9.17) is 27.9 Å². The molecule has 108 valence electrons. The molecule has 1 saturated heterocycles. The van der Waals surface area contributed by atoms with Gasteiger partial charge in [-0.1, -0.05) is 23.2 Å². The van der Waals surface area contributed by atoms with Gasteiger partial charge in [0.1, 0.15) is 0 Å². The maximum absolute atomic E-state index is 11.7. The predicted octanol–water partition coefficient (Wildman–Crippen LogP) is 2.23. The van der Waals surface area contributed by atoms with Crippen molar-refractivity contribution in [2.24, 2.45) is 0 Å². The summed E-state index contributed by atoms with van der Waals surface area (Å²) >= 11 is 11.7. The number of anilines is 1.